The summed E-state index contributed by atoms with van der Waals surface area (Å²) in [6.45, 7) is 0. The quantitative estimate of drug-likeness (QED) is 0.457. The maximum Gasteiger partial charge on any atom is 0.435 e. The second kappa shape index (κ2) is 9.13. The van der Waals surface area contributed by atoms with E-state index in [0.717, 1.165) is 0 Å². The lowest BCUT2D eigenvalue weighted by molar-refractivity contribution is -0.141. The minimum atomic E-state index is -4.84. The zero-order valence-corrected chi connectivity index (χ0v) is 18.9. The summed E-state index contributed by atoms with van der Waals surface area (Å²) >= 11 is 7.84. The molecule has 0 unspecified atom stereocenters. The molecule has 1 aromatic carbocycles. The minimum absolute atomic E-state index is 0.0161. The molecule has 2 heterocycles. The number of carbonyl (C=O) groups excluding carboxylic acids is 2. The number of benzene rings is 1. The third kappa shape index (κ3) is 4.68. The van der Waals surface area contributed by atoms with Crippen molar-refractivity contribution < 1.29 is 22.8 Å². The fourth-order valence-corrected chi connectivity index (χ4v) is 3.63. The van der Waals surface area contributed by atoms with Gasteiger partial charge in [-0.15, -0.1) is 0 Å². The number of carbonyl (C=O) groups is 2. The summed E-state index contributed by atoms with van der Waals surface area (Å²) < 4.78 is 40.9. The van der Waals surface area contributed by atoms with Crippen LogP contribution in [0, 0.1) is 14.9 Å². The van der Waals surface area contributed by atoms with Crippen molar-refractivity contribution in [1.82, 2.24) is 20.1 Å². The first-order chi connectivity index (χ1) is 15.1. The molecule has 0 atom stereocenters. The second-order valence-corrected chi connectivity index (χ2v) is 7.73. The molecule has 2 N–H and O–H groups in total. The van der Waals surface area contributed by atoms with E-state index in [1.807, 2.05) is 6.07 Å². The lowest BCUT2D eigenvalue weighted by Crippen LogP contribution is -2.24. The van der Waals surface area contributed by atoms with Crippen LogP contribution >= 0.6 is 34.2 Å². The molecule has 0 fully saturated rings. The second-order valence-electron chi connectivity index (χ2n) is 6.16. The van der Waals surface area contributed by atoms with Gasteiger partial charge in [-0.2, -0.15) is 23.5 Å². The zero-order valence-electron chi connectivity index (χ0n) is 16.0. The molecular weight excluding hydrogens is 564 g/mol. The molecule has 0 radical (unpaired) electrons. The van der Waals surface area contributed by atoms with Gasteiger partial charge in [0.25, 0.3) is 11.8 Å². The van der Waals surface area contributed by atoms with Crippen LogP contribution in [0.1, 0.15) is 32.1 Å². The first-order valence-corrected chi connectivity index (χ1v) is 10.1. The van der Waals surface area contributed by atoms with Crippen LogP contribution < -0.4 is 10.6 Å². The molecule has 0 saturated carbocycles. The Kier molecular flexibility index (Phi) is 6.70. The number of nitrogens with one attached hydrogen (secondary N) is 2. The standard InChI is InChI=1S/C19H11ClF3IN6O2/c1-26-17(31)10-5-9(8-25)6-12(24)15(10)28-18(32)13-7-14(19(21,22)23)29-30(13)16-11(20)3-2-4-27-16/h2-7H,1H3,(H,26,31)(H,28,32). The number of rotatable bonds is 4. The highest BCUT2D eigenvalue weighted by atomic mass is 127. The van der Waals surface area contributed by atoms with E-state index >= 15 is 0 Å². The Labute approximate surface area is 197 Å². The number of nitrogens with zero attached hydrogens (tertiary/aromatic N) is 4. The molecule has 3 rings (SSSR count). The number of alkyl halides is 3. The van der Waals surface area contributed by atoms with Crippen molar-refractivity contribution in [3.8, 4) is 11.9 Å². The lowest BCUT2D eigenvalue weighted by Gasteiger charge is -2.14. The third-order valence-corrected chi connectivity index (χ3v) is 5.25. The van der Waals surface area contributed by atoms with Crippen LogP contribution in [0.5, 0.6) is 0 Å². The van der Waals surface area contributed by atoms with Crippen molar-refractivity contribution in [2.24, 2.45) is 0 Å². The number of hydrogen-bond acceptors (Lipinski definition) is 5. The third-order valence-electron chi connectivity index (χ3n) is 4.10. The molecule has 32 heavy (non-hydrogen) atoms. The normalized spacial score (nSPS) is 11.0. The number of anilines is 1. The summed E-state index contributed by atoms with van der Waals surface area (Å²) in [6.07, 6.45) is -3.55. The predicted octanol–water partition coefficient (Wildman–Crippen LogP) is 4.03. The van der Waals surface area contributed by atoms with E-state index in [-0.39, 0.29) is 27.7 Å². The van der Waals surface area contributed by atoms with Gasteiger partial charge in [-0.1, -0.05) is 11.6 Å². The number of hydrogen-bond donors (Lipinski definition) is 2. The number of amides is 2. The van der Waals surface area contributed by atoms with Gasteiger partial charge in [0.1, 0.15) is 5.69 Å². The number of nitriles is 1. The van der Waals surface area contributed by atoms with Crippen LogP contribution in [0.3, 0.4) is 0 Å². The van der Waals surface area contributed by atoms with Crippen LogP contribution in [0.25, 0.3) is 5.82 Å². The van der Waals surface area contributed by atoms with Gasteiger partial charge in [0, 0.05) is 22.9 Å². The Morgan fingerprint density at radius 3 is 2.56 bits per heavy atom. The van der Waals surface area contributed by atoms with Crippen molar-refractivity contribution >= 4 is 51.7 Å². The predicted molar refractivity (Wildman–Crippen MR) is 117 cm³/mol. The summed E-state index contributed by atoms with van der Waals surface area (Å²) in [5.74, 6) is -1.79. The maximum absolute atomic E-state index is 13.3. The van der Waals surface area contributed by atoms with Crippen molar-refractivity contribution in [2.75, 3.05) is 12.4 Å². The monoisotopic (exact) mass is 574 g/mol. The Balaban J connectivity index is 2.14. The van der Waals surface area contributed by atoms with Gasteiger partial charge in [-0.3, -0.25) is 9.59 Å². The Morgan fingerprint density at radius 2 is 1.97 bits per heavy atom. The topological polar surface area (TPSA) is 113 Å². The summed E-state index contributed by atoms with van der Waals surface area (Å²) in [6, 6.07) is 7.97. The number of halogens is 5. The lowest BCUT2D eigenvalue weighted by atomic mass is 10.1. The zero-order chi connectivity index (χ0) is 23.6. The van der Waals surface area contributed by atoms with Crippen molar-refractivity contribution in [3.63, 3.8) is 0 Å². The molecule has 2 amide bonds. The molecule has 3 aromatic rings. The first kappa shape index (κ1) is 23.5. The van der Waals surface area contributed by atoms with Crippen molar-refractivity contribution in [1.29, 1.82) is 5.26 Å². The summed E-state index contributed by atoms with van der Waals surface area (Å²) in [4.78, 5) is 29.2. The van der Waals surface area contributed by atoms with Gasteiger partial charge in [-0.25, -0.2) is 9.67 Å². The SMILES string of the molecule is CNC(=O)c1cc(C#N)cc(I)c1NC(=O)c1cc(C(F)(F)F)nn1-c1ncccc1Cl. The number of pyridine rings is 1. The van der Waals surface area contributed by atoms with Crippen molar-refractivity contribution in [2.45, 2.75) is 6.18 Å². The highest BCUT2D eigenvalue weighted by molar-refractivity contribution is 14.1. The summed E-state index contributed by atoms with van der Waals surface area (Å²) in [5.41, 5.74) is -1.70. The molecule has 2 aromatic heterocycles. The Hall–Kier alpha value is -3.18. The molecular formula is C19H11ClF3IN6O2. The summed E-state index contributed by atoms with van der Waals surface area (Å²) in [5, 5.41) is 17.4. The molecule has 0 aliphatic heterocycles. The van der Waals surface area contributed by atoms with Gasteiger partial charge in [0.05, 0.1) is 27.9 Å². The van der Waals surface area contributed by atoms with E-state index in [1.165, 1.54) is 37.5 Å². The minimum Gasteiger partial charge on any atom is -0.355 e. The fourth-order valence-electron chi connectivity index (χ4n) is 2.67. The highest BCUT2D eigenvalue weighted by Crippen LogP contribution is 2.31. The Morgan fingerprint density at radius 1 is 1.25 bits per heavy atom. The molecule has 0 spiro atoms. The van der Waals surface area contributed by atoms with Gasteiger partial charge in [0.2, 0.25) is 0 Å². The van der Waals surface area contributed by atoms with Crippen LogP contribution in [0.2, 0.25) is 5.02 Å². The van der Waals surface area contributed by atoms with E-state index in [1.54, 1.807) is 22.6 Å². The fraction of sp³-hybridized carbons (Fsp3) is 0.105. The van der Waals surface area contributed by atoms with Gasteiger partial charge in [-0.05, 0) is 46.9 Å². The van der Waals surface area contributed by atoms with Crippen LogP contribution in [0.4, 0.5) is 18.9 Å². The maximum atomic E-state index is 13.3. The molecule has 13 heteroatoms. The van der Waals surface area contributed by atoms with E-state index in [9.17, 15) is 22.8 Å². The van der Waals surface area contributed by atoms with Gasteiger partial charge >= 0.3 is 6.18 Å². The average Bonchev–Trinajstić information content (AvgIpc) is 3.20. The summed E-state index contributed by atoms with van der Waals surface area (Å²) in [7, 11) is 1.35. The van der Waals surface area contributed by atoms with Crippen molar-refractivity contribution in [3.05, 3.63) is 67.6 Å². The van der Waals surface area contributed by atoms with Crippen LogP contribution in [0.15, 0.2) is 36.5 Å². The number of aromatic nitrogens is 3. The first-order valence-electron chi connectivity index (χ1n) is 8.62. The highest BCUT2D eigenvalue weighted by Gasteiger charge is 2.36. The van der Waals surface area contributed by atoms with E-state index in [2.05, 4.69) is 20.7 Å². The van der Waals surface area contributed by atoms with E-state index < -0.39 is 29.4 Å². The Bertz CT molecular complexity index is 1270. The average molecular weight is 575 g/mol. The smallest absolute Gasteiger partial charge is 0.355 e. The molecule has 0 aliphatic rings. The van der Waals surface area contributed by atoms with Gasteiger partial charge < -0.3 is 10.6 Å². The van der Waals surface area contributed by atoms with E-state index in [4.69, 9.17) is 16.9 Å². The van der Waals surface area contributed by atoms with Crippen LogP contribution in [-0.2, 0) is 6.18 Å². The largest absolute Gasteiger partial charge is 0.435 e. The molecule has 0 saturated heterocycles. The van der Waals surface area contributed by atoms with Crippen LogP contribution in [-0.4, -0.2) is 33.6 Å². The van der Waals surface area contributed by atoms with Gasteiger partial charge in [0.15, 0.2) is 11.5 Å². The molecule has 8 nitrogen and oxygen atoms in total. The molecule has 0 aliphatic carbocycles. The molecule has 0 bridgehead atoms. The van der Waals surface area contributed by atoms with E-state index in [0.29, 0.717) is 14.3 Å². The molecule has 164 valence electrons.